The summed E-state index contributed by atoms with van der Waals surface area (Å²) in [4.78, 5) is 26.6. The zero-order valence-electron chi connectivity index (χ0n) is 12.8. The van der Waals surface area contributed by atoms with Gasteiger partial charge in [0.05, 0.1) is 18.0 Å². The van der Waals surface area contributed by atoms with Crippen molar-refractivity contribution in [3.63, 3.8) is 0 Å². The van der Waals surface area contributed by atoms with Crippen molar-refractivity contribution in [3.8, 4) is 0 Å². The van der Waals surface area contributed by atoms with Crippen LogP contribution in [0.5, 0.6) is 0 Å². The zero-order chi connectivity index (χ0) is 17.1. The van der Waals surface area contributed by atoms with Gasteiger partial charge in [-0.25, -0.2) is 4.39 Å². The number of nitrogens with zero attached hydrogens (tertiary/aromatic N) is 1. The molecule has 1 fully saturated rings. The summed E-state index contributed by atoms with van der Waals surface area (Å²) in [6, 6.07) is 8.03. The molecule has 1 aromatic heterocycles. The highest BCUT2D eigenvalue weighted by atomic mass is 35.5. The quantitative estimate of drug-likeness (QED) is 0.851. The summed E-state index contributed by atoms with van der Waals surface area (Å²) in [6.07, 6.45) is 1.77. The lowest BCUT2D eigenvalue weighted by Gasteiger charge is -2.23. The largest absolute Gasteiger partial charge is 0.342 e. The van der Waals surface area contributed by atoms with E-state index in [1.54, 1.807) is 28.5 Å². The van der Waals surface area contributed by atoms with Gasteiger partial charge in [0, 0.05) is 16.6 Å². The molecule has 0 bridgehead atoms. The van der Waals surface area contributed by atoms with Crippen LogP contribution in [-0.2, 0) is 11.3 Å². The molecule has 1 aromatic carbocycles. The molecule has 0 spiro atoms. The topological polar surface area (TPSA) is 49.4 Å². The molecule has 126 valence electrons. The van der Waals surface area contributed by atoms with Crippen LogP contribution in [0.1, 0.15) is 28.1 Å². The number of hydrogen-bond acceptors (Lipinski definition) is 3. The fourth-order valence-electron chi connectivity index (χ4n) is 2.41. The minimum absolute atomic E-state index is 0.0896. The van der Waals surface area contributed by atoms with Gasteiger partial charge in [-0.1, -0.05) is 23.7 Å². The van der Waals surface area contributed by atoms with E-state index in [2.05, 4.69) is 5.32 Å². The Labute approximate surface area is 148 Å². The molecule has 1 aliphatic carbocycles. The Morgan fingerprint density at radius 3 is 2.71 bits per heavy atom. The van der Waals surface area contributed by atoms with Crippen molar-refractivity contribution >= 4 is 34.8 Å². The normalized spacial score (nSPS) is 13.6. The van der Waals surface area contributed by atoms with E-state index in [1.807, 2.05) is 0 Å². The molecule has 1 aliphatic rings. The third-order valence-electron chi connectivity index (χ3n) is 3.84. The van der Waals surface area contributed by atoms with Gasteiger partial charge in [0.2, 0.25) is 5.91 Å². The summed E-state index contributed by atoms with van der Waals surface area (Å²) in [5.74, 6) is -0.941. The second-order valence-corrected chi connectivity index (χ2v) is 6.97. The maximum Gasteiger partial charge on any atom is 0.261 e. The van der Waals surface area contributed by atoms with E-state index < -0.39 is 5.82 Å². The molecule has 7 heteroatoms. The average Bonchev–Trinajstić information content (AvgIpc) is 3.24. The first kappa shape index (κ1) is 16.9. The van der Waals surface area contributed by atoms with Crippen LogP contribution in [0.3, 0.4) is 0 Å². The smallest absolute Gasteiger partial charge is 0.261 e. The molecule has 0 unspecified atom stereocenters. The van der Waals surface area contributed by atoms with E-state index in [-0.39, 0.29) is 30.9 Å². The van der Waals surface area contributed by atoms with Crippen molar-refractivity contribution in [1.29, 1.82) is 0 Å². The van der Waals surface area contributed by atoms with Crippen molar-refractivity contribution in [2.75, 3.05) is 6.54 Å². The highest BCUT2D eigenvalue weighted by Crippen LogP contribution is 2.30. The lowest BCUT2D eigenvalue weighted by molar-refractivity contribution is -0.131. The van der Waals surface area contributed by atoms with Gasteiger partial charge in [-0.2, -0.15) is 0 Å². The summed E-state index contributed by atoms with van der Waals surface area (Å²) in [5, 5.41) is 4.72. The Hall–Kier alpha value is -1.92. The summed E-state index contributed by atoms with van der Waals surface area (Å²) in [7, 11) is 0. The lowest BCUT2D eigenvalue weighted by atomic mass is 10.2. The van der Waals surface area contributed by atoms with Gasteiger partial charge in [0.1, 0.15) is 5.82 Å². The van der Waals surface area contributed by atoms with Crippen molar-refractivity contribution in [2.45, 2.75) is 25.4 Å². The molecule has 0 radical (unpaired) electrons. The molecule has 4 nitrogen and oxygen atoms in total. The van der Waals surface area contributed by atoms with E-state index in [0.717, 1.165) is 12.8 Å². The molecule has 24 heavy (non-hydrogen) atoms. The Morgan fingerprint density at radius 2 is 2.08 bits per heavy atom. The number of amides is 2. The van der Waals surface area contributed by atoms with Gasteiger partial charge in [0.15, 0.2) is 0 Å². The second-order valence-electron chi connectivity index (χ2n) is 5.61. The van der Waals surface area contributed by atoms with Crippen LogP contribution < -0.4 is 5.32 Å². The van der Waals surface area contributed by atoms with Crippen LogP contribution in [0.2, 0.25) is 5.02 Å². The number of carbonyl (C=O) groups excluding carboxylic acids is 2. The summed E-state index contributed by atoms with van der Waals surface area (Å²) in [6.45, 7) is 0.00316. The first-order valence-corrected chi connectivity index (χ1v) is 8.86. The molecule has 0 saturated heterocycles. The summed E-state index contributed by atoms with van der Waals surface area (Å²) < 4.78 is 14.0. The lowest BCUT2D eigenvalue weighted by Crippen LogP contribution is -2.41. The maximum atomic E-state index is 14.0. The van der Waals surface area contributed by atoms with Crippen LogP contribution in [0.25, 0.3) is 0 Å². The molecule has 2 aromatic rings. The predicted molar refractivity (Wildman–Crippen MR) is 91.6 cm³/mol. The zero-order valence-corrected chi connectivity index (χ0v) is 14.4. The molecule has 3 rings (SSSR count). The van der Waals surface area contributed by atoms with Crippen molar-refractivity contribution in [1.82, 2.24) is 10.2 Å². The SMILES string of the molecule is O=C(NCC(=O)N(Cc1c(F)cccc1Cl)C1CC1)c1cccs1. The Morgan fingerprint density at radius 1 is 1.29 bits per heavy atom. The van der Waals surface area contributed by atoms with E-state index >= 15 is 0 Å². The molecule has 0 aliphatic heterocycles. The second kappa shape index (κ2) is 7.32. The van der Waals surface area contributed by atoms with Crippen LogP contribution in [0.4, 0.5) is 4.39 Å². The highest BCUT2D eigenvalue weighted by Gasteiger charge is 2.33. The number of benzene rings is 1. The monoisotopic (exact) mass is 366 g/mol. The van der Waals surface area contributed by atoms with E-state index in [4.69, 9.17) is 11.6 Å². The predicted octanol–water partition coefficient (Wildman–Crippen LogP) is 3.46. The van der Waals surface area contributed by atoms with Crippen molar-refractivity contribution in [2.24, 2.45) is 0 Å². The standard InChI is InChI=1S/C17H16ClFN2O2S/c18-13-3-1-4-14(19)12(13)10-21(11-6-7-11)16(22)9-20-17(23)15-5-2-8-24-15/h1-5,8,11H,6-7,9-10H2,(H,20,23). The molecular weight excluding hydrogens is 351 g/mol. The Kier molecular flexibility index (Phi) is 5.16. The number of nitrogens with one attached hydrogen (secondary N) is 1. The van der Waals surface area contributed by atoms with Crippen LogP contribution in [0, 0.1) is 5.82 Å². The minimum atomic E-state index is -0.427. The molecule has 2 amide bonds. The van der Waals surface area contributed by atoms with Gasteiger partial charge in [0.25, 0.3) is 5.91 Å². The van der Waals surface area contributed by atoms with Crippen LogP contribution in [-0.4, -0.2) is 29.3 Å². The number of thiophene rings is 1. The summed E-state index contributed by atoms with van der Waals surface area (Å²) in [5.41, 5.74) is 0.309. The van der Waals surface area contributed by atoms with Gasteiger partial charge in [-0.05, 0) is 36.4 Å². The fourth-order valence-corrected chi connectivity index (χ4v) is 3.28. The average molecular weight is 367 g/mol. The molecule has 0 atom stereocenters. The van der Waals surface area contributed by atoms with Gasteiger partial charge in [-0.3, -0.25) is 9.59 Å². The van der Waals surface area contributed by atoms with Gasteiger partial charge in [-0.15, -0.1) is 11.3 Å². The van der Waals surface area contributed by atoms with Crippen LogP contribution in [0.15, 0.2) is 35.7 Å². The van der Waals surface area contributed by atoms with Crippen molar-refractivity contribution < 1.29 is 14.0 Å². The molecule has 1 N–H and O–H groups in total. The van der Waals surface area contributed by atoms with Gasteiger partial charge < -0.3 is 10.2 Å². The first-order valence-electron chi connectivity index (χ1n) is 7.60. The Bertz CT molecular complexity index is 727. The van der Waals surface area contributed by atoms with Crippen LogP contribution >= 0.6 is 22.9 Å². The minimum Gasteiger partial charge on any atom is -0.342 e. The number of hydrogen-bond donors (Lipinski definition) is 1. The molecule has 1 heterocycles. The number of halogens is 2. The van der Waals surface area contributed by atoms with Gasteiger partial charge >= 0.3 is 0 Å². The highest BCUT2D eigenvalue weighted by molar-refractivity contribution is 7.12. The Balaban J connectivity index is 1.65. The molecular formula is C17H16ClFN2O2S. The third kappa shape index (κ3) is 3.94. The number of carbonyl (C=O) groups is 2. The van der Waals surface area contributed by atoms with E-state index in [1.165, 1.54) is 23.5 Å². The third-order valence-corrected chi connectivity index (χ3v) is 5.07. The molecule has 1 saturated carbocycles. The van der Waals surface area contributed by atoms with E-state index in [9.17, 15) is 14.0 Å². The summed E-state index contributed by atoms with van der Waals surface area (Å²) >= 11 is 7.36. The number of rotatable bonds is 6. The van der Waals surface area contributed by atoms with Crippen molar-refractivity contribution in [3.05, 3.63) is 57.0 Å². The van der Waals surface area contributed by atoms with E-state index in [0.29, 0.717) is 15.5 Å². The fraction of sp³-hybridized carbons (Fsp3) is 0.294. The first-order chi connectivity index (χ1) is 11.6. The maximum absolute atomic E-state index is 14.0.